The van der Waals surface area contributed by atoms with Crippen molar-refractivity contribution in [3.63, 3.8) is 0 Å². The van der Waals surface area contributed by atoms with E-state index in [0.29, 0.717) is 19.4 Å². The molecular weight excluding hydrogens is 971 g/mol. The predicted molar refractivity (Wildman–Crippen MR) is 347 cm³/mol. The largest absolute Gasteiger partial charge is 0.466 e. The van der Waals surface area contributed by atoms with Gasteiger partial charge in [-0.3, -0.25) is 9.59 Å². The molecule has 2 atom stereocenters. The van der Waals surface area contributed by atoms with Crippen molar-refractivity contribution < 1.29 is 24.5 Å². The van der Waals surface area contributed by atoms with E-state index in [2.05, 4.69) is 67.8 Å². The minimum Gasteiger partial charge on any atom is -0.466 e. The maximum absolute atomic E-state index is 12.5. The van der Waals surface area contributed by atoms with Gasteiger partial charge in [0.1, 0.15) is 0 Å². The van der Waals surface area contributed by atoms with Crippen molar-refractivity contribution in [1.82, 2.24) is 5.32 Å². The molecule has 0 fully saturated rings. The first-order valence-electron chi connectivity index (χ1n) is 35.1. The zero-order valence-electron chi connectivity index (χ0n) is 52.9. The molecule has 0 saturated carbocycles. The summed E-state index contributed by atoms with van der Waals surface area (Å²) < 4.78 is 5.47. The monoisotopic (exact) mass is 1110 g/mol. The Bertz CT molecular complexity index is 1370. The van der Waals surface area contributed by atoms with Crippen molar-refractivity contribution in [2.75, 3.05) is 13.2 Å². The number of nitrogens with one attached hydrogen (secondary N) is 1. The standard InChI is InChI=1S/C73H135NO5/c1-3-5-7-9-11-13-15-17-19-21-23-24-25-26-27-30-33-37-41-45-49-53-57-61-65-71(76)70(69-75)74-72(77)66-62-58-54-50-46-42-38-34-31-28-32-36-40-44-48-52-56-60-64-68-79-73(78)67-63-59-55-51-47-43-39-35-29-22-20-18-16-14-12-10-8-6-4-2/h12,14,18,20,36,40,44,48,61,65,70-71,75-76H,3-11,13,15-17,19,21-35,37-39,41-43,45-47,49-60,62-64,66-69H2,1-2H3,(H,74,77)/b14-12-,20-18-,40-36-,48-44-,65-61+. The lowest BCUT2D eigenvalue weighted by Crippen LogP contribution is -2.45. The number of ether oxygens (including phenoxy) is 1. The van der Waals surface area contributed by atoms with Gasteiger partial charge in [0.05, 0.1) is 25.4 Å². The first-order valence-corrected chi connectivity index (χ1v) is 35.1. The summed E-state index contributed by atoms with van der Waals surface area (Å²) in [6.45, 7) is 4.86. The molecule has 2 unspecified atom stereocenters. The summed E-state index contributed by atoms with van der Waals surface area (Å²) in [6, 6.07) is -0.639. The van der Waals surface area contributed by atoms with Gasteiger partial charge in [0, 0.05) is 12.8 Å². The van der Waals surface area contributed by atoms with Gasteiger partial charge in [0.2, 0.25) is 5.91 Å². The summed E-state index contributed by atoms with van der Waals surface area (Å²) >= 11 is 0. The van der Waals surface area contributed by atoms with Gasteiger partial charge in [0.25, 0.3) is 0 Å². The van der Waals surface area contributed by atoms with E-state index in [4.69, 9.17) is 4.74 Å². The zero-order valence-corrected chi connectivity index (χ0v) is 52.9. The topological polar surface area (TPSA) is 95.9 Å². The Balaban J connectivity index is 3.49. The predicted octanol–water partition coefficient (Wildman–Crippen LogP) is 22.6. The molecule has 0 aromatic rings. The molecule has 79 heavy (non-hydrogen) atoms. The van der Waals surface area contributed by atoms with E-state index in [1.54, 1.807) is 6.08 Å². The lowest BCUT2D eigenvalue weighted by Gasteiger charge is -2.20. The first kappa shape index (κ1) is 76.6. The summed E-state index contributed by atoms with van der Waals surface area (Å²) in [7, 11) is 0. The molecule has 3 N–H and O–H groups in total. The lowest BCUT2D eigenvalue weighted by atomic mass is 10.0. The van der Waals surface area contributed by atoms with Crippen LogP contribution in [0.3, 0.4) is 0 Å². The van der Waals surface area contributed by atoms with E-state index in [0.717, 1.165) is 83.5 Å². The second-order valence-electron chi connectivity index (χ2n) is 23.9. The number of unbranched alkanes of at least 4 members (excludes halogenated alkanes) is 47. The van der Waals surface area contributed by atoms with Crippen LogP contribution in [0.5, 0.6) is 0 Å². The highest BCUT2D eigenvalue weighted by atomic mass is 16.5. The molecular formula is C73H135NO5. The van der Waals surface area contributed by atoms with Gasteiger partial charge in [-0.2, -0.15) is 0 Å². The number of hydrogen-bond acceptors (Lipinski definition) is 5. The summed E-state index contributed by atoms with van der Waals surface area (Å²) in [5.74, 6) is -0.0930. The van der Waals surface area contributed by atoms with Crippen molar-refractivity contribution in [1.29, 1.82) is 0 Å². The first-order chi connectivity index (χ1) is 39.0. The van der Waals surface area contributed by atoms with Crippen LogP contribution >= 0.6 is 0 Å². The van der Waals surface area contributed by atoms with Crippen molar-refractivity contribution in [3.8, 4) is 0 Å². The smallest absolute Gasteiger partial charge is 0.305 e. The Hall–Kier alpha value is -2.44. The molecule has 0 saturated heterocycles. The number of aliphatic hydroxyl groups excluding tert-OH is 2. The van der Waals surface area contributed by atoms with Crippen molar-refractivity contribution in [2.45, 2.75) is 379 Å². The SMILES string of the molecule is CCCCC/C=C\C/C=C\CCCCCCCCCCCC(=O)OCCCCC/C=C\C=C/CCCCCCCCCCCCC(=O)NC(CO)C(O)/C=C/CCCCCCCCCCCCCCCCCCCCCCCC. The van der Waals surface area contributed by atoms with Gasteiger partial charge in [0.15, 0.2) is 0 Å². The van der Waals surface area contributed by atoms with E-state index >= 15 is 0 Å². The van der Waals surface area contributed by atoms with Crippen molar-refractivity contribution >= 4 is 11.9 Å². The minimum atomic E-state index is -0.855. The molecule has 6 heteroatoms. The summed E-state index contributed by atoms with van der Waals surface area (Å²) in [4.78, 5) is 24.6. The highest BCUT2D eigenvalue weighted by Gasteiger charge is 2.18. The Kier molecular flexibility index (Phi) is 66.0. The minimum absolute atomic E-state index is 0.0177. The van der Waals surface area contributed by atoms with Crippen LogP contribution < -0.4 is 5.32 Å². The third kappa shape index (κ3) is 64.6. The molecule has 0 aliphatic heterocycles. The summed E-state index contributed by atoms with van der Waals surface area (Å²) in [5, 5.41) is 23.3. The van der Waals surface area contributed by atoms with E-state index < -0.39 is 12.1 Å². The van der Waals surface area contributed by atoms with Gasteiger partial charge in [-0.25, -0.2) is 0 Å². The fraction of sp³-hybridized carbons (Fsp3) is 0.836. The number of allylic oxidation sites excluding steroid dienone is 9. The Morgan fingerprint density at radius 2 is 0.671 bits per heavy atom. The van der Waals surface area contributed by atoms with Gasteiger partial charge < -0.3 is 20.3 Å². The molecule has 0 aliphatic rings. The van der Waals surface area contributed by atoms with Crippen LogP contribution in [0.4, 0.5) is 0 Å². The maximum atomic E-state index is 12.5. The molecule has 6 nitrogen and oxygen atoms in total. The molecule has 0 heterocycles. The fourth-order valence-corrected chi connectivity index (χ4v) is 10.7. The maximum Gasteiger partial charge on any atom is 0.305 e. The molecule has 0 spiro atoms. The molecule has 462 valence electrons. The Morgan fingerprint density at radius 3 is 1.06 bits per heavy atom. The van der Waals surface area contributed by atoms with Crippen LogP contribution in [0.25, 0.3) is 0 Å². The number of hydrogen-bond donors (Lipinski definition) is 3. The number of carbonyl (C=O) groups excluding carboxylic acids is 2. The lowest BCUT2D eigenvalue weighted by molar-refractivity contribution is -0.143. The third-order valence-corrected chi connectivity index (χ3v) is 16.0. The van der Waals surface area contributed by atoms with Crippen LogP contribution in [0.2, 0.25) is 0 Å². The quantitative estimate of drug-likeness (QED) is 0.0244. The Morgan fingerprint density at radius 1 is 0.367 bits per heavy atom. The van der Waals surface area contributed by atoms with Gasteiger partial charge in [-0.05, 0) is 96.3 Å². The normalized spacial score (nSPS) is 12.9. The number of rotatable bonds is 65. The summed E-state index contributed by atoms with van der Waals surface area (Å²) in [6.07, 6.45) is 90.0. The number of amides is 1. The van der Waals surface area contributed by atoms with Crippen molar-refractivity contribution in [2.24, 2.45) is 0 Å². The molecule has 0 aromatic heterocycles. The average molecular weight is 1110 g/mol. The van der Waals surface area contributed by atoms with Crippen LogP contribution in [0.15, 0.2) is 60.8 Å². The van der Waals surface area contributed by atoms with Crippen LogP contribution in [0.1, 0.15) is 367 Å². The highest BCUT2D eigenvalue weighted by Crippen LogP contribution is 2.18. The molecule has 0 aromatic carbocycles. The molecule has 0 bridgehead atoms. The fourth-order valence-electron chi connectivity index (χ4n) is 10.7. The molecule has 0 rings (SSSR count). The summed E-state index contributed by atoms with van der Waals surface area (Å²) in [5.41, 5.74) is 0. The zero-order chi connectivity index (χ0) is 57.1. The number of aliphatic hydroxyl groups is 2. The Labute approximate surface area is 492 Å². The van der Waals surface area contributed by atoms with Crippen LogP contribution in [-0.4, -0.2) is 47.4 Å². The van der Waals surface area contributed by atoms with E-state index in [1.165, 1.54) is 257 Å². The third-order valence-electron chi connectivity index (χ3n) is 16.0. The van der Waals surface area contributed by atoms with Gasteiger partial charge in [-0.15, -0.1) is 0 Å². The van der Waals surface area contributed by atoms with Crippen LogP contribution in [0, 0.1) is 0 Å². The second-order valence-corrected chi connectivity index (χ2v) is 23.9. The van der Waals surface area contributed by atoms with Gasteiger partial charge >= 0.3 is 5.97 Å². The molecule has 1 amide bonds. The van der Waals surface area contributed by atoms with Crippen molar-refractivity contribution in [3.05, 3.63) is 60.8 Å². The second kappa shape index (κ2) is 68.1. The van der Waals surface area contributed by atoms with Crippen LogP contribution in [-0.2, 0) is 14.3 Å². The van der Waals surface area contributed by atoms with E-state index in [1.807, 2.05) is 6.08 Å². The van der Waals surface area contributed by atoms with Gasteiger partial charge in [-0.1, -0.05) is 319 Å². The average Bonchev–Trinajstić information content (AvgIpc) is 3.45. The molecule has 0 aliphatic carbocycles. The number of carbonyl (C=O) groups is 2. The highest BCUT2D eigenvalue weighted by molar-refractivity contribution is 5.76. The molecule has 0 radical (unpaired) electrons. The number of esters is 1. The van der Waals surface area contributed by atoms with E-state index in [-0.39, 0.29) is 18.5 Å². The van der Waals surface area contributed by atoms with E-state index in [9.17, 15) is 19.8 Å².